The second-order valence-electron chi connectivity index (χ2n) is 3.72. The lowest BCUT2D eigenvalue weighted by Gasteiger charge is -2.06. The minimum Gasteiger partial charge on any atom is -0.336 e. The van der Waals surface area contributed by atoms with Crippen LogP contribution in [0.5, 0.6) is 0 Å². The number of hydrogen-bond acceptors (Lipinski definition) is 3. The van der Waals surface area contributed by atoms with Crippen molar-refractivity contribution in [3.05, 3.63) is 48.6 Å². The van der Waals surface area contributed by atoms with Gasteiger partial charge in [0.05, 0.1) is 11.2 Å². The maximum Gasteiger partial charge on any atom is 0.150 e. The van der Waals surface area contributed by atoms with Gasteiger partial charge in [0.2, 0.25) is 0 Å². The van der Waals surface area contributed by atoms with Crippen LogP contribution in [0.2, 0.25) is 0 Å². The van der Waals surface area contributed by atoms with Crippen molar-refractivity contribution in [2.75, 3.05) is 0 Å². The highest BCUT2D eigenvalue weighted by molar-refractivity contribution is 7.13. The molecule has 17 heavy (non-hydrogen) atoms. The first-order valence-corrected chi connectivity index (χ1v) is 6.32. The molecular weight excluding hydrogens is 232 g/mol. The fourth-order valence-electron chi connectivity index (χ4n) is 1.76. The summed E-state index contributed by atoms with van der Waals surface area (Å²) in [5, 5.41) is 2.07. The Morgan fingerprint density at radius 1 is 1.18 bits per heavy atom. The van der Waals surface area contributed by atoms with Gasteiger partial charge in [0, 0.05) is 37.9 Å². The van der Waals surface area contributed by atoms with Gasteiger partial charge in [-0.05, 0) is 11.4 Å². The van der Waals surface area contributed by atoms with E-state index in [0.717, 1.165) is 18.9 Å². The Kier molecular flexibility index (Phi) is 2.75. The van der Waals surface area contributed by atoms with E-state index in [1.807, 2.05) is 24.9 Å². The van der Waals surface area contributed by atoms with Crippen molar-refractivity contribution in [1.29, 1.82) is 0 Å². The van der Waals surface area contributed by atoms with E-state index >= 15 is 0 Å². The highest BCUT2D eigenvalue weighted by Crippen LogP contribution is 2.22. The largest absolute Gasteiger partial charge is 0.336 e. The molecule has 0 aliphatic carbocycles. The van der Waals surface area contributed by atoms with Crippen LogP contribution < -0.4 is 0 Å². The molecule has 3 rings (SSSR count). The van der Waals surface area contributed by atoms with E-state index in [9.17, 15) is 0 Å². The molecule has 4 nitrogen and oxygen atoms in total. The van der Waals surface area contributed by atoms with Crippen LogP contribution in [-0.4, -0.2) is 19.1 Å². The summed E-state index contributed by atoms with van der Waals surface area (Å²) < 4.78 is 4.24. The fraction of sp³-hybridized carbons (Fsp3) is 0.167. The maximum atomic E-state index is 4.41. The third-order valence-corrected chi connectivity index (χ3v) is 3.48. The fourth-order valence-corrected chi connectivity index (χ4v) is 2.50. The van der Waals surface area contributed by atoms with Crippen molar-refractivity contribution in [2.45, 2.75) is 13.1 Å². The second kappa shape index (κ2) is 4.55. The minimum atomic E-state index is 0.906. The van der Waals surface area contributed by atoms with E-state index < -0.39 is 0 Å². The SMILES string of the molecule is c1csc(-c2nccn2CCn2ccnc2)c1. The molecule has 0 aliphatic rings. The van der Waals surface area contributed by atoms with Crippen molar-refractivity contribution in [3.63, 3.8) is 0 Å². The summed E-state index contributed by atoms with van der Waals surface area (Å²) in [4.78, 5) is 9.65. The molecule has 3 heterocycles. The molecule has 0 saturated carbocycles. The van der Waals surface area contributed by atoms with Gasteiger partial charge in [0.15, 0.2) is 0 Å². The van der Waals surface area contributed by atoms with Crippen LogP contribution in [0.15, 0.2) is 48.6 Å². The monoisotopic (exact) mass is 244 g/mol. The number of rotatable bonds is 4. The van der Waals surface area contributed by atoms with Gasteiger partial charge in [0.1, 0.15) is 5.82 Å². The molecular formula is C12H12N4S. The zero-order valence-electron chi connectivity index (χ0n) is 9.23. The van der Waals surface area contributed by atoms with Crippen molar-refractivity contribution in [2.24, 2.45) is 0 Å². The molecule has 0 radical (unpaired) electrons. The number of hydrogen-bond donors (Lipinski definition) is 0. The molecule has 0 bridgehead atoms. The Hall–Kier alpha value is -1.88. The molecule has 0 N–H and O–H groups in total. The maximum absolute atomic E-state index is 4.41. The summed E-state index contributed by atoms with van der Waals surface area (Å²) in [6, 6.07) is 4.15. The molecule has 0 amide bonds. The highest BCUT2D eigenvalue weighted by atomic mass is 32.1. The third kappa shape index (κ3) is 2.14. The first kappa shape index (κ1) is 10.3. The zero-order valence-corrected chi connectivity index (χ0v) is 10.0. The average molecular weight is 244 g/mol. The normalized spacial score (nSPS) is 10.8. The van der Waals surface area contributed by atoms with E-state index in [4.69, 9.17) is 0 Å². The molecule has 0 saturated heterocycles. The van der Waals surface area contributed by atoms with E-state index in [-0.39, 0.29) is 0 Å². The lowest BCUT2D eigenvalue weighted by atomic mass is 10.4. The topological polar surface area (TPSA) is 35.6 Å². The van der Waals surface area contributed by atoms with Gasteiger partial charge < -0.3 is 9.13 Å². The van der Waals surface area contributed by atoms with Gasteiger partial charge in [-0.2, -0.15) is 0 Å². The summed E-state index contributed by atoms with van der Waals surface area (Å²) in [5.74, 6) is 1.04. The van der Waals surface area contributed by atoms with E-state index in [1.165, 1.54) is 4.88 Å². The van der Waals surface area contributed by atoms with Gasteiger partial charge in [-0.3, -0.25) is 0 Å². The number of thiophene rings is 1. The smallest absolute Gasteiger partial charge is 0.150 e. The summed E-state index contributed by atoms with van der Waals surface area (Å²) in [6.07, 6.45) is 9.48. The Morgan fingerprint density at radius 3 is 2.94 bits per heavy atom. The van der Waals surface area contributed by atoms with Crippen LogP contribution in [-0.2, 0) is 13.1 Å². The Labute approximate surface area is 103 Å². The van der Waals surface area contributed by atoms with Gasteiger partial charge in [-0.25, -0.2) is 9.97 Å². The highest BCUT2D eigenvalue weighted by Gasteiger charge is 2.06. The Balaban J connectivity index is 1.78. The van der Waals surface area contributed by atoms with Gasteiger partial charge in [-0.1, -0.05) is 6.07 Å². The lowest BCUT2D eigenvalue weighted by molar-refractivity contribution is 0.582. The minimum absolute atomic E-state index is 0.906. The van der Waals surface area contributed by atoms with Crippen molar-refractivity contribution < 1.29 is 0 Å². The van der Waals surface area contributed by atoms with Crippen molar-refractivity contribution in [1.82, 2.24) is 19.1 Å². The quantitative estimate of drug-likeness (QED) is 0.707. The predicted octanol–water partition coefficient (Wildman–Crippen LogP) is 2.51. The molecule has 5 heteroatoms. The molecule has 0 unspecified atom stereocenters. The molecule has 3 aromatic heterocycles. The first-order valence-electron chi connectivity index (χ1n) is 5.44. The third-order valence-electron chi connectivity index (χ3n) is 2.62. The summed E-state index contributed by atoms with van der Waals surface area (Å²) in [5.41, 5.74) is 0. The van der Waals surface area contributed by atoms with Crippen LogP contribution in [0.1, 0.15) is 0 Å². The molecule has 0 aromatic carbocycles. The number of imidazole rings is 2. The lowest BCUT2D eigenvalue weighted by Crippen LogP contribution is -2.06. The van der Waals surface area contributed by atoms with Gasteiger partial charge in [-0.15, -0.1) is 11.3 Å². The summed E-state index contributed by atoms with van der Waals surface area (Å²) in [6.45, 7) is 1.82. The molecule has 86 valence electrons. The van der Waals surface area contributed by atoms with Crippen LogP contribution >= 0.6 is 11.3 Å². The molecule has 0 fully saturated rings. The summed E-state index contributed by atoms with van der Waals surface area (Å²) >= 11 is 1.72. The van der Waals surface area contributed by atoms with Crippen molar-refractivity contribution in [3.8, 4) is 10.7 Å². The van der Waals surface area contributed by atoms with Crippen LogP contribution in [0.25, 0.3) is 10.7 Å². The second-order valence-corrected chi connectivity index (χ2v) is 4.67. The van der Waals surface area contributed by atoms with Crippen LogP contribution in [0.3, 0.4) is 0 Å². The van der Waals surface area contributed by atoms with E-state index in [0.29, 0.717) is 0 Å². The molecule has 0 spiro atoms. The molecule has 0 atom stereocenters. The summed E-state index contributed by atoms with van der Waals surface area (Å²) in [7, 11) is 0. The van der Waals surface area contributed by atoms with Crippen molar-refractivity contribution >= 4 is 11.3 Å². The van der Waals surface area contributed by atoms with Gasteiger partial charge in [0.25, 0.3) is 0 Å². The number of aromatic nitrogens is 4. The van der Waals surface area contributed by atoms with Crippen LogP contribution in [0.4, 0.5) is 0 Å². The number of nitrogens with zero attached hydrogens (tertiary/aromatic N) is 4. The molecule has 0 aliphatic heterocycles. The Morgan fingerprint density at radius 2 is 2.18 bits per heavy atom. The van der Waals surface area contributed by atoms with Crippen LogP contribution in [0, 0.1) is 0 Å². The Bertz CT molecular complexity index is 565. The zero-order chi connectivity index (χ0) is 11.5. The number of aryl methyl sites for hydroxylation is 2. The predicted molar refractivity (Wildman–Crippen MR) is 67.8 cm³/mol. The van der Waals surface area contributed by atoms with E-state index in [2.05, 4.69) is 36.6 Å². The van der Waals surface area contributed by atoms with E-state index in [1.54, 1.807) is 17.5 Å². The molecule has 3 aromatic rings. The average Bonchev–Trinajstić information content (AvgIpc) is 3.09. The van der Waals surface area contributed by atoms with Gasteiger partial charge >= 0.3 is 0 Å². The standard InChI is InChI=1S/C12H12N4S/c1-2-11(17-9-1)12-14-4-6-16(12)8-7-15-5-3-13-10-15/h1-6,9-10H,7-8H2. The first-order chi connectivity index (χ1) is 8.43.